The van der Waals surface area contributed by atoms with Crippen molar-refractivity contribution in [2.75, 3.05) is 38.8 Å². The van der Waals surface area contributed by atoms with Crippen molar-refractivity contribution in [2.24, 2.45) is 4.99 Å². The minimum Gasteiger partial charge on any atom is -0.496 e. The second-order valence-electron chi connectivity index (χ2n) is 5.22. The quantitative estimate of drug-likeness (QED) is 0.345. The fraction of sp³-hybridized carbons (Fsp3) is 0.562. The van der Waals surface area contributed by atoms with E-state index in [-0.39, 0.29) is 35.5 Å². The van der Waals surface area contributed by atoms with E-state index in [1.54, 1.807) is 21.1 Å². The van der Waals surface area contributed by atoms with Gasteiger partial charge >= 0.3 is 0 Å². The van der Waals surface area contributed by atoms with Crippen LogP contribution in [0.3, 0.4) is 0 Å². The molecule has 0 bridgehead atoms. The number of ether oxygens (including phenoxy) is 1. The first-order chi connectivity index (χ1) is 10.9. The molecule has 0 aliphatic rings. The Morgan fingerprint density at radius 2 is 1.92 bits per heavy atom. The summed E-state index contributed by atoms with van der Waals surface area (Å²) in [6, 6.07) is 6.14. The van der Waals surface area contributed by atoms with Crippen LogP contribution in [0.2, 0.25) is 0 Å². The van der Waals surface area contributed by atoms with Crippen LogP contribution in [0, 0.1) is 6.92 Å². The third-order valence-electron chi connectivity index (χ3n) is 3.55. The molecular weight excluding hydrogens is 441 g/mol. The summed E-state index contributed by atoms with van der Waals surface area (Å²) in [6.45, 7) is 4.72. The van der Waals surface area contributed by atoms with Crippen molar-refractivity contribution in [1.29, 1.82) is 0 Å². The van der Waals surface area contributed by atoms with Crippen molar-refractivity contribution in [3.8, 4) is 5.75 Å². The number of benzene rings is 1. The van der Waals surface area contributed by atoms with Crippen molar-refractivity contribution in [1.82, 2.24) is 10.6 Å². The van der Waals surface area contributed by atoms with Crippen LogP contribution in [-0.4, -0.2) is 53.1 Å². The van der Waals surface area contributed by atoms with E-state index in [9.17, 15) is 8.42 Å². The van der Waals surface area contributed by atoms with Gasteiger partial charge in [-0.15, -0.1) is 24.0 Å². The van der Waals surface area contributed by atoms with Crippen LogP contribution in [0.25, 0.3) is 0 Å². The minimum absolute atomic E-state index is 0. The highest BCUT2D eigenvalue weighted by Gasteiger charge is 2.07. The van der Waals surface area contributed by atoms with E-state index < -0.39 is 9.84 Å². The van der Waals surface area contributed by atoms with Crippen molar-refractivity contribution in [2.45, 2.75) is 20.3 Å². The molecule has 1 aromatic carbocycles. The van der Waals surface area contributed by atoms with E-state index in [1.165, 1.54) is 5.56 Å². The maximum Gasteiger partial charge on any atom is 0.191 e. The summed E-state index contributed by atoms with van der Waals surface area (Å²) in [7, 11) is 0.375. The molecule has 0 aliphatic carbocycles. The number of hydrogen-bond donors (Lipinski definition) is 2. The average Bonchev–Trinajstić information content (AvgIpc) is 2.54. The lowest BCUT2D eigenvalue weighted by Gasteiger charge is -2.12. The van der Waals surface area contributed by atoms with Gasteiger partial charge in [0.2, 0.25) is 0 Å². The van der Waals surface area contributed by atoms with Crippen LogP contribution < -0.4 is 15.4 Å². The van der Waals surface area contributed by atoms with Gasteiger partial charge in [-0.3, -0.25) is 4.99 Å². The van der Waals surface area contributed by atoms with Gasteiger partial charge < -0.3 is 15.4 Å². The molecule has 0 radical (unpaired) electrons. The number of rotatable bonds is 8. The first-order valence-electron chi connectivity index (χ1n) is 7.70. The lowest BCUT2D eigenvalue weighted by Crippen LogP contribution is -2.40. The van der Waals surface area contributed by atoms with Gasteiger partial charge in [0.05, 0.1) is 12.9 Å². The maximum atomic E-state index is 11.4. The lowest BCUT2D eigenvalue weighted by molar-refractivity contribution is 0.411. The van der Waals surface area contributed by atoms with Crippen LogP contribution in [-0.2, 0) is 16.3 Å². The maximum absolute atomic E-state index is 11.4. The zero-order valence-electron chi connectivity index (χ0n) is 14.8. The van der Waals surface area contributed by atoms with E-state index in [2.05, 4.69) is 21.7 Å². The van der Waals surface area contributed by atoms with E-state index in [4.69, 9.17) is 4.74 Å². The van der Waals surface area contributed by atoms with Crippen LogP contribution in [0.1, 0.15) is 18.1 Å². The van der Waals surface area contributed by atoms with Crippen LogP contribution in [0.5, 0.6) is 5.75 Å². The average molecular weight is 469 g/mol. The zero-order chi connectivity index (χ0) is 17.3. The molecule has 1 rings (SSSR count). The number of nitrogens with zero attached hydrogens (tertiary/aromatic N) is 1. The van der Waals surface area contributed by atoms with Gasteiger partial charge in [0.15, 0.2) is 15.8 Å². The zero-order valence-corrected chi connectivity index (χ0v) is 17.9. The van der Waals surface area contributed by atoms with Gasteiger partial charge in [-0.2, -0.15) is 0 Å². The molecule has 0 amide bonds. The highest BCUT2D eigenvalue weighted by atomic mass is 127. The van der Waals surface area contributed by atoms with E-state index in [0.717, 1.165) is 17.7 Å². The number of nitrogens with one attached hydrogen (secondary N) is 2. The molecule has 0 spiro atoms. The van der Waals surface area contributed by atoms with Gasteiger partial charge in [0.1, 0.15) is 5.75 Å². The van der Waals surface area contributed by atoms with Crippen molar-refractivity contribution < 1.29 is 13.2 Å². The fourth-order valence-corrected chi connectivity index (χ4v) is 2.74. The third-order valence-corrected chi connectivity index (χ3v) is 5.25. The number of aryl methyl sites for hydroxylation is 1. The number of methoxy groups -OCH3 is 1. The van der Waals surface area contributed by atoms with Gasteiger partial charge in [-0.25, -0.2) is 8.42 Å². The summed E-state index contributed by atoms with van der Waals surface area (Å²) in [5, 5.41) is 6.19. The predicted octanol–water partition coefficient (Wildman–Crippen LogP) is 1.76. The molecule has 0 atom stereocenters. The normalized spacial score (nSPS) is 11.6. The molecule has 8 heteroatoms. The first-order valence-corrected chi connectivity index (χ1v) is 9.52. The highest BCUT2D eigenvalue weighted by molar-refractivity contribution is 14.0. The SMILES string of the molecule is CCS(=O)(=O)CCNC(=NC)NCCc1ccc(C)c(OC)c1.I. The van der Waals surface area contributed by atoms with Crippen LogP contribution >= 0.6 is 24.0 Å². The topological polar surface area (TPSA) is 79.8 Å². The highest BCUT2D eigenvalue weighted by Crippen LogP contribution is 2.18. The number of hydrogen-bond acceptors (Lipinski definition) is 4. The molecule has 0 fully saturated rings. The Morgan fingerprint density at radius 1 is 1.25 bits per heavy atom. The number of halogens is 1. The molecular formula is C16H28IN3O3S. The van der Waals surface area contributed by atoms with Crippen molar-refractivity contribution in [3.63, 3.8) is 0 Å². The monoisotopic (exact) mass is 469 g/mol. The molecule has 6 nitrogen and oxygen atoms in total. The molecule has 24 heavy (non-hydrogen) atoms. The Hall–Kier alpha value is -1.03. The Bertz CT molecular complexity index is 633. The summed E-state index contributed by atoms with van der Waals surface area (Å²) >= 11 is 0. The van der Waals surface area contributed by atoms with E-state index in [0.29, 0.717) is 19.0 Å². The van der Waals surface area contributed by atoms with E-state index in [1.807, 2.05) is 19.1 Å². The molecule has 0 unspecified atom stereocenters. The molecule has 138 valence electrons. The van der Waals surface area contributed by atoms with Crippen molar-refractivity contribution in [3.05, 3.63) is 29.3 Å². The molecule has 0 aliphatic heterocycles. The molecule has 2 N–H and O–H groups in total. The first kappa shape index (κ1) is 23.0. The number of aliphatic imine (C=N–C) groups is 1. The summed E-state index contributed by atoms with van der Waals surface area (Å²) in [5.41, 5.74) is 2.28. The minimum atomic E-state index is -2.96. The Balaban J connectivity index is 0.00000529. The molecule has 0 heterocycles. The van der Waals surface area contributed by atoms with Crippen molar-refractivity contribution >= 4 is 39.8 Å². The van der Waals surface area contributed by atoms with Gasteiger partial charge in [-0.05, 0) is 30.5 Å². The number of sulfone groups is 1. The summed E-state index contributed by atoms with van der Waals surface area (Å²) in [6.07, 6.45) is 0.824. The molecule has 0 aromatic heterocycles. The van der Waals surface area contributed by atoms with Gasteiger partial charge in [-0.1, -0.05) is 19.1 Å². The summed E-state index contributed by atoms with van der Waals surface area (Å²) in [5.74, 6) is 1.76. The predicted molar refractivity (Wildman–Crippen MR) is 111 cm³/mol. The smallest absolute Gasteiger partial charge is 0.191 e. The van der Waals surface area contributed by atoms with Gasteiger partial charge in [0.25, 0.3) is 0 Å². The molecule has 0 saturated carbocycles. The largest absolute Gasteiger partial charge is 0.496 e. The Kier molecular flexibility index (Phi) is 11.0. The molecule has 1 aromatic rings. The number of guanidine groups is 1. The van der Waals surface area contributed by atoms with Gasteiger partial charge in [0, 0.05) is 25.9 Å². The second kappa shape index (κ2) is 11.5. The van der Waals surface area contributed by atoms with E-state index >= 15 is 0 Å². The summed E-state index contributed by atoms with van der Waals surface area (Å²) in [4.78, 5) is 4.09. The lowest BCUT2D eigenvalue weighted by atomic mass is 10.1. The standard InChI is InChI=1S/C16H27N3O3S.HI/c1-5-23(20,21)11-10-19-16(17-3)18-9-8-14-7-6-13(2)15(12-14)22-4;/h6-7,12H,5,8-11H2,1-4H3,(H2,17,18,19);1H. The van der Waals surface area contributed by atoms with Crippen LogP contribution in [0.4, 0.5) is 0 Å². The Morgan fingerprint density at radius 3 is 2.50 bits per heavy atom. The van der Waals surface area contributed by atoms with Crippen LogP contribution in [0.15, 0.2) is 23.2 Å². The third kappa shape index (κ3) is 8.18. The fourth-order valence-electron chi connectivity index (χ4n) is 2.04. The second-order valence-corrected chi connectivity index (χ2v) is 7.69. The molecule has 0 saturated heterocycles. The Labute approximate surface area is 162 Å². The summed E-state index contributed by atoms with van der Waals surface area (Å²) < 4.78 is 28.2.